The van der Waals surface area contributed by atoms with Crippen molar-refractivity contribution >= 4 is 5.91 Å². The van der Waals surface area contributed by atoms with Gasteiger partial charge in [0.25, 0.3) is 5.91 Å². The third-order valence-electron chi connectivity index (χ3n) is 3.57. The Morgan fingerprint density at radius 2 is 1.79 bits per heavy atom. The molecule has 0 aliphatic rings. The molecule has 6 heteroatoms. The Hall–Kier alpha value is -2.99. The first-order valence-corrected chi connectivity index (χ1v) is 7.59. The second kappa shape index (κ2) is 7.52. The van der Waals surface area contributed by atoms with Gasteiger partial charge in [-0.2, -0.15) is 9.90 Å². The minimum atomic E-state index is -0.260. The number of nitrogens with one attached hydrogen (secondary N) is 1. The summed E-state index contributed by atoms with van der Waals surface area (Å²) in [6.07, 6.45) is 1.46. The maximum absolute atomic E-state index is 12.3. The number of nitrogens with zero attached hydrogens (tertiary/aromatic N) is 3. The van der Waals surface area contributed by atoms with Gasteiger partial charge in [0.05, 0.1) is 18.5 Å². The van der Waals surface area contributed by atoms with Gasteiger partial charge in [0, 0.05) is 13.7 Å². The van der Waals surface area contributed by atoms with E-state index in [0.29, 0.717) is 13.2 Å². The summed E-state index contributed by atoms with van der Waals surface area (Å²) in [6, 6.07) is 17.3. The van der Waals surface area contributed by atoms with Gasteiger partial charge < -0.3 is 10.1 Å². The number of hydrogen-bond donors (Lipinski definition) is 1. The molecule has 0 radical (unpaired) electrons. The molecule has 6 nitrogen and oxygen atoms in total. The number of benzene rings is 2. The monoisotopic (exact) mass is 322 g/mol. The van der Waals surface area contributed by atoms with E-state index in [9.17, 15) is 4.79 Å². The molecule has 0 aliphatic heterocycles. The number of rotatable bonds is 6. The molecule has 0 fully saturated rings. The number of amides is 1. The third kappa shape index (κ3) is 3.67. The molecule has 24 heavy (non-hydrogen) atoms. The first-order valence-electron chi connectivity index (χ1n) is 7.59. The van der Waals surface area contributed by atoms with E-state index in [1.165, 1.54) is 11.0 Å². The number of carbonyl (C=O) groups excluding carboxylic acids is 1. The highest BCUT2D eigenvalue weighted by Crippen LogP contribution is 2.10. The fraction of sp³-hybridized carbons (Fsp3) is 0.167. The predicted octanol–water partition coefficient (Wildman–Crippen LogP) is 2.34. The van der Waals surface area contributed by atoms with Gasteiger partial charge in [0.1, 0.15) is 0 Å². The zero-order valence-electron chi connectivity index (χ0n) is 13.3. The van der Waals surface area contributed by atoms with Gasteiger partial charge in [-0.3, -0.25) is 4.79 Å². The summed E-state index contributed by atoms with van der Waals surface area (Å²) in [6.45, 7) is 0.923. The molecule has 1 amide bonds. The predicted molar refractivity (Wildman–Crippen MR) is 89.7 cm³/mol. The van der Waals surface area contributed by atoms with Crippen LogP contribution < -0.4 is 5.32 Å². The maximum Gasteiger partial charge on any atom is 0.273 e. The van der Waals surface area contributed by atoms with Gasteiger partial charge in [-0.1, -0.05) is 42.5 Å². The van der Waals surface area contributed by atoms with E-state index in [4.69, 9.17) is 4.74 Å². The standard InChI is InChI=1S/C18H18N4O2/c1-24-13-15-8-6-5-7-14(15)11-19-18(23)17-12-20-22(21-17)16-9-3-2-4-10-16/h2-10,12H,11,13H2,1H3,(H,19,23). The summed E-state index contributed by atoms with van der Waals surface area (Å²) in [5.74, 6) is -0.260. The van der Waals surface area contributed by atoms with E-state index < -0.39 is 0 Å². The quantitative estimate of drug-likeness (QED) is 0.756. The van der Waals surface area contributed by atoms with E-state index in [1.807, 2.05) is 54.6 Å². The topological polar surface area (TPSA) is 69.0 Å². The van der Waals surface area contributed by atoms with Crippen LogP contribution in [0.4, 0.5) is 0 Å². The van der Waals surface area contributed by atoms with Crippen molar-refractivity contribution in [2.24, 2.45) is 0 Å². The highest BCUT2D eigenvalue weighted by Gasteiger charge is 2.12. The van der Waals surface area contributed by atoms with Crippen molar-refractivity contribution in [1.82, 2.24) is 20.3 Å². The second-order valence-electron chi connectivity index (χ2n) is 5.24. The van der Waals surface area contributed by atoms with Crippen LogP contribution in [0.15, 0.2) is 60.8 Å². The molecule has 1 aromatic heterocycles. The average Bonchev–Trinajstić information content (AvgIpc) is 3.12. The van der Waals surface area contributed by atoms with Crippen molar-refractivity contribution in [1.29, 1.82) is 0 Å². The van der Waals surface area contributed by atoms with Crippen LogP contribution in [0.1, 0.15) is 21.6 Å². The van der Waals surface area contributed by atoms with E-state index in [-0.39, 0.29) is 11.6 Å². The molecule has 0 bridgehead atoms. The summed E-state index contributed by atoms with van der Waals surface area (Å²) in [7, 11) is 1.65. The summed E-state index contributed by atoms with van der Waals surface area (Å²) in [5.41, 5.74) is 3.15. The van der Waals surface area contributed by atoms with Gasteiger partial charge in [-0.15, -0.1) is 5.10 Å². The van der Waals surface area contributed by atoms with Crippen molar-refractivity contribution in [2.75, 3.05) is 7.11 Å². The molecule has 0 atom stereocenters. The number of para-hydroxylation sites is 1. The van der Waals surface area contributed by atoms with Crippen molar-refractivity contribution in [2.45, 2.75) is 13.2 Å². The minimum absolute atomic E-state index is 0.260. The Balaban J connectivity index is 1.67. The normalized spacial score (nSPS) is 10.5. The Morgan fingerprint density at radius 1 is 1.08 bits per heavy atom. The fourth-order valence-corrected chi connectivity index (χ4v) is 2.35. The summed E-state index contributed by atoms with van der Waals surface area (Å²) in [5, 5.41) is 11.2. The smallest absolute Gasteiger partial charge is 0.273 e. The molecule has 3 rings (SSSR count). The average molecular weight is 322 g/mol. The Bertz CT molecular complexity index is 815. The summed E-state index contributed by atoms with van der Waals surface area (Å²) >= 11 is 0. The summed E-state index contributed by atoms with van der Waals surface area (Å²) < 4.78 is 5.17. The molecular weight excluding hydrogens is 304 g/mol. The lowest BCUT2D eigenvalue weighted by molar-refractivity contribution is 0.0945. The molecule has 1 N–H and O–H groups in total. The Kier molecular flexibility index (Phi) is 4.98. The molecule has 2 aromatic carbocycles. The van der Waals surface area contributed by atoms with Crippen LogP contribution in [0.5, 0.6) is 0 Å². The third-order valence-corrected chi connectivity index (χ3v) is 3.57. The SMILES string of the molecule is COCc1ccccc1CNC(=O)c1cnn(-c2ccccc2)n1. The van der Waals surface area contributed by atoms with Crippen LogP contribution >= 0.6 is 0 Å². The Labute approximate surface area is 140 Å². The lowest BCUT2D eigenvalue weighted by Gasteiger charge is -2.09. The first-order chi connectivity index (χ1) is 11.8. The molecule has 0 aliphatic carbocycles. The van der Waals surface area contributed by atoms with E-state index in [1.54, 1.807) is 7.11 Å². The Morgan fingerprint density at radius 3 is 2.54 bits per heavy atom. The maximum atomic E-state index is 12.3. The molecule has 0 saturated heterocycles. The van der Waals surface area contributed by atoms with E-state index in [0.717, 1.165) is 16.8 Å². The lowest BCUT2D eigenvalue weighted by atomic mass is 10.1. The van der Waals surface area contributed by atoms with Crippen LogP contribution in [-0.4, -0.2) is 28.0 Å². The van der Waals surface area contributed by atoms with Crippen LogP contribution in [0.25, 0.3) is 5.69 Å². The molecule has 122 valence electrons. The largest absolute Gasteiger partial charge is 0.380 e. The number of hydrogen-bond acceptors (Lipinski definition) is 4. The van der Waals surface area contributed by atoms with Gasteiger partial charge in [-0.25, -0.2) is 0 Å². The van der Waals surface area contributed by atoms with Crippen LogP contribution in [-0.2, 0) is 17.9 Å². The summed E-state index contributed by atoms with van der Waals surface area (Å²) in [4.78, 5) is 13.7. The van der Waals surface area contributed by atoms with Crippen molar-refractivity contribution < 1.29 is 9.53 Å². The molecule has 1 heterocycles. The zero-order valence-corrected chi connectivity index (χ0v) is 13.3. The van der Waals surface area contributed by atoms with Crippen LogP contribution in [0.3, 0.4) is 0 Å². The van der Waals surface area contributed by atoms with Crippen molar-refractivity contribution in [3.05, 3.63) is 77.6 Å². The van der Waals surface area contributed by atoms with Gasteiger partial charge in [0.15, 0.2) is 5.69 Å². The van der Waals surface area contributed by atoms with Crippen molar-refractivity contribution in [3.8, 4) is 5.69 Å². The number of carbonyl (C=O) groups is 1. The zero-order chi connectivity index (χ0) is 16.8. The number of aromatic nitrogens is 3. The molecule has 0 spiro atoms. The van der Waals surface area contributed by atoms with Gasteiger partial charge >= 0.3 is 0 Å². The van der Waals surface area contributed by atoms with Crippen LogP contribution in [0.2, 0.25) is 0 Å². The van der Waals surface area contributed by atoms with Crippen LogP contribution in [0, 0.1) is 0 Å². The molecule has 3 aromatic rings. The second-order valence-corrected chi connectivity index (χ2v) is 5.24. The number of ether oxygens (including phenoxy) is 1. The molecular formula is C18H18N4O2. The van der Waals surface area contributed by atoms with E-state index >= 15 is 0 Å². The van der Waals surface area contributed by atoms with Gasteiger partial charge in [-0.05, 0) is 23.3 Å². The molecule has 0 unspecified atom stereocenters. The first kappa shape index (κ1) is 15.9. The van der Waals surface area contributed by atoms with Crippen molar-refractivity contribution in [3.63, 3.8) is 0 Å². The number of methoxy groups -OCH3 is 1. The van der Waals surface area contributed by atoms with E-state index in [2.05, 4.69) is 15.5 Å². The fourth-order valence-electron chi connectivity index (χ4n) is 2.35. The highest BCUT2D eigenvalue weighted by atomic mass is 16.5. The molecule has 0 saturated carbocycles. The minimum Gasteiger partial charge on any atom is -0.380 e. The highest BCUT2D eigenvalue weighted by molar-refractivity contribution is 5.91. The van der Waals surface area contributed by atoms with Gasteiger partial charge in [0.2, 0.25) is 0 Å². The lowest BCUT2D eigenvalue weighted by Crippen LogP contribution is -2.24.